The fraction of sp³-hybridized carbons (Fsp3) is 0.292. The Hall–Kier alpha value is -2.76. The van der Waals surface area contributed by atoms with Gasteiger partial charge in [0.15, 0.2) is 11.5 Å². The van der Waals surface area contributed by atoms with Gasteiger partial charge in [0, 0.05) is 18.2 Å². The quantitative estimate of drug-likeness (QED) is 0.454. The Balaban J connectivity index is 1.93. The van der Waals surface area contributed by atoms with E-state index in [2.05, 4.69) is 10.6 Å². The molecule has 3 rings (SSSR count). The molecule has 194 valence electrons. The Bertz CT molecular complexity index is 1300. The summed E-state index contributed by atoms with van der Waals surface area (Å²) >= 11 is 12.1. The Morgan fingerprint density at radius 3 is 2.36 bits per heavy atom. The molecule has 36 heavy (non-hydrogen) atoms. The maximum Gasteiger partial charge on any atom is 0.238 e. The van der Waals surface area contributed by atoms with Crippen LogP contribution in [0.1, 0.15) is 0 Å². The molecule has 0 fully saturated rings. The van der Waals surface area contributed by atoms with Gasteiger partial charge in [0.05, 0.1) is 49.5 Å². The number of anilines is 1. The van der Waals surface area contributed by atoms with Crippen LogP contribution >= 0.6 is 23.2 Å². The molecule has 1 aliphatic carbocycles. The molecule has 12 heteroatoms. The van der Waals surface area contributed by atoms with Gasteiger partial charge in [-0.3, -0.25) is 10.1 Å². The SMILES string of the molecule is COC1=CC(NCC(=O)Nc2cc(Cl)ccc2Cl)C(OC)(S(=O)(=O)c2ccc(OC)c(OC)c2)C=C1. The second kappa shape index (κ2) is 11.5. The molecule has 2 atom stereocenters. The minimum atomic E-state index is -4.21. The highest BCUT2D eigenvalue weighted by Gasteiger charge is 2.51. The third-order valence-corrected chi connectivity index (χ3v) is 8.41. The first-order chi connectivity index (χ1) is 17.1. The van der Waals surface area contributed by atoms with Crippen LogP contribution in [0.25, 0.3) is 0 Å². The maximum atomic E-state index is 13.9. The van der Waals surface area contributed by atoms with Crippen molar-refractivity contribution in [2.75, 3.05) is 40.3 Å². The van der Waals surface area contributed by atoms with E-state index in [4.69, 9.17) is 42.1 Å². The number of carbonyl (C=O) groups is 1. The Labute approximate surface area is 219 Å². The average Bonchev–Trinajstić information content (AvgIpc) is 2.88. The molecule has 0 radical (unpaired) electrons. The van der Waals surface area contributed by atoms with E-state index in [0.717, 1.165) is 0 Å². The van der Waals surface area contributed by atoms with Crippen LogP contribution in [0.4, 0.5) is 5.69 Å². The number of allylic oxidation sites excluding steroid dienone is 1. The molecule has 1 aliphatic rings. The molecule has 0 aromatic heterocycles. The third-order valence-electron chi connectivity index (χ3n) is 5.57. The van der Waals surface area contributed by atoms with Crippen molar-refractivity contribution < 1.29 is 32.2 Å². The first-order valence-corrected chi connectivity index (χ1v) is 12.8. The van der Waals surface area contributed by atoms with Gasteiger partial charge in [-0.2, -0.15) is 0 Å². The number of methoxy groups -OCH3 is 4. The number of hydrogen-bond acceptors (Lipinski definition) is 8. The van der Waals surface area contributed by atoms with Crippen LogP contribution in [0.3, 0.4) is 0 Å². The summed E-state index contributed by atoms with van der Waals surface area (Å²) in [6.07, 6.45) is 4.40. The number of sulfone groups is 1. The van der Waals surface area contributed by atoms with Gasteiger partial charge in [-0.15, -0.1) is 0 Å². The van der Waals surface area contributed by atoms with Crippen molar-refractivity contribution in [3.8, 4) is 11.5 Å². The van der Waals surface area contributed by atoms with Crippen LogP contribution in [0.15, 0.2) is 65.3 Å². The van der Waals surface area contributed by atoms with Crippen molar-refractivity contribution in [2.24, 2.45) is 0 Å². The predicted octanol–water partition coefficient (Wildman–Crippen LogP) is 3.82. The van der Waals surface area contributed by atoms with Crippen molar-refractivity contribution in [2.45, 2.75) is 15.9 Å². The highest BCUT2D eigenvalue weighted by molar-refractivity contribution is 7.93. The fourth-order valence-corrected chi connectivity index (χ4v) is 5.86. The monoisotopic (exact) mass is 556 g/mol. The normalized spacial score (nSPS) is 19.4. The first-order valence-electron chi connectivity index (χ1n) is 10.6. The fourth-order valence-electron chi connectivity index (χ4n) is 3.69. The molecule has 2 N–H and O–H groups in total. The number of ether oxygens (including phenoxy) is 4. The van der Waals surface area contributed by atoms with Crippen LogP contribution in [0.2, 0.25) is 10.0 Å². The molecule has 2 aromatic carbocycles. The molecule has 0 saturated carbocycles. The van der Waals surface area contributed by atoms with Crippen LogP contribution < -0.4 is 20.1 Å². The van der Waals surface area contributed by atoms with E-state index in [1.54, 1.807) is 12.1 Å². The predicted molar refractivity (Wildman–Crippen MR) is 138 cm³/mol. The van der Waals surface area contributed by atoms with Gasteiger partial charge in [-0.05, 0) is 48.6 Å². The largest absolute Gasteiger partial charge is 0.497 e. The zero-order chi connectivity index (χ0) is 26.5. The lowest BCUT2D eigenvalue weighted by atomic mass is 10.0. The van der Waals surface area contributed by atoms with E-state index in [-0.39, 0.29) is 17.2 Å². The van der Waals surface area contributed by atoms with Crippen molar-refractivity contribution in [3.05, 3.63) is 70.4 Å². The molecule has 0 spiro atoms. The van der Waals surface area contributed by atoms with Gasteiger partial charge in [0.1, 0.15) is 5.76 Å². The van der Waals surface area contributed by atoms with Crippen molar-refractivity contribution in [3.63, 3.8) is 0 Å². The summed E-state index contributed by atoms with van der Waals surface area (Å²) in [7, 11) is 1.37. The van der Waals surface area contributed by atoms with Crippen molar-refractivity contribution in [1.29, 1.82) is 0 Å². The molecular formula is C24H26Cl2N2O7S. The Morgan fingerprint density at radius 1 is 1.00 bits per heavy atom. The number of amides is 1. The zero-order valence-electron chi connectivity index (χ0n) is 20.0. The number of halogens is 2. The molecular weight excluding hydrogens is 531 g/mol. The van der Waals surface area contributed by atoms with Gasteiger partial charge in [-0.1, -0.05) is 23.2 Å². The third kappa shape index (κ3) is 5.47. The number of rotatable bonds is 10. The van der Waals surface area contributed by atoms with Crippen molar-refractivity contribution >= 4 is 44.6 Å². The average molecular weight is 557 g/mol. The number of nitrogens with one attached hydrogen (secondary N) is 2. The molecule has 0 aliphatic heterocycles. The second-order valence-corrected chi connectivity index (χ2v) is 10.5. The zero-order valence-corrected chi connectivity index (χ0v) is 22.3. The lowest BCUT2D eigenvalue weighted by Gasteiger charge is -2.37. The lowest BCUT2D eigenvalue weighted by Crippen LogP contribution is -2.57. The molecule has 0 bridgehead atoms. The molecule has 0 heterocycles. The van der Waals surface area contributed by atoms with Crippen LogP contribution in [-0.2, 0) is 24.1 Å². The Kier molecular flexibility index (Phi) is 8.91. The van der Waals surface area contributed by atoms with Gasteiger partial charge in [0.2, 0.25) is 20.7 Å². The minimum Gasteiger partial charge on any atom is -0.497 e. The van der Waals surface area contributed by atoms with E-state index in [1.807, 2.05) is 0 Å². The van der Waals surface area contributed by atoms with Gasteiger partial charge < -0.3 is 24.3 Å². The van der Waals surface area contributed by atoms with E-state index in [1.165, 1.54) is 70.9 Å². The highest BCUT2D eigenvalue weighted by atomic mass is 35.5. The topological polar surface area (TPSA) is 112 Å². The van der Waals surface area contributed by atoms with Crippen LogP contribution in [0.5, 0.6) is 11.5 Å². The molecule has 2 aromatic rings. The summed E-state index contributed by atoms with van der Waals surface area (Å²) in [6.45, 7) is -0.276. The highest BCUT2D eigenvalue weighted by Crippen LogP contribution is 2.38. The molecule has 9 nitrogen and oxygen atoms in total. The first kappa shape index (κ1) is 27.8. The second-order valence-electron chi connectivity index (χ2n) is 7.58. The van der Waals surface area contributed by atoms with Crippen LogP contribution in [0, 0.1) is 0 Å². The minimum absolute atomic E-state index is 0.0668. The number of carbonyl (C=O) groups excluding carboxylic acids is 1. The maximum absolute atomic E-state index is 13.9. The summed E-state index contributed by atoms with van der Waals surface area (Å²) in [5, 5.41) is 6.30. The van der Waals surface area contributed by atoms with E-state index < -0.39 is 26.7 Å². The summed E-state index contributed by atoms with van der Waals surface area (Å²) in [4.78, 5) is 10.7. The molecule has 2 unspecified atom stereocenters. The number of benzene rings is 2. The van der Waals surface area contributed by atoms with E-state index in [9.17, 15) is 13.2 Å². The summed E-state index contributed by atoms with van der Waals surface area (Å²) in [5.41, 5.74) is 0.323. The summed E-state index contributed by atoms with van der Waals surface area (Å²) in [6, 6.07) is 7.88. The Morgan fingerprint density at radius 2 is 1.72 bits per heavy atom. The van der Waals surface area contributed by atoms with Crippen LogP contribution in [-0.4, -0.2) is 60.3 Å². The van der Waals surface area contributed by atoms with Gasteiger partial charge in [0.25, 0.3) is 0 Å². The summed E-state index contributed by atoms with van der Waals surface area (Å²) in [5.74, 6) is 0.519. The van der Waals surface area contributed by atoms with E-state index >= 15 is 0 Å². The molecule has 0 saturated heterocycles. The summed E-state index contributed by atoms with van der Waals surface area (Å²) < 4.78 is 49.2. The van der Waals surface area contributed by atoms with Crippen molar-refractivity contribution in [1.82, 2.24) is 5.32 Å². The van der Waals surface area contributed by atoms with E-state index in [0.29, 0.717) is 27.2 Å². The smallest absolute Gasteiger partial charge is 0.238 e. The van der Waals surface area contributed by atoms with Gasteiger partial charge >= 0.3 is 0 Å². The standard InChI is InChI=1S/C24H26Cl2N2O7S/c1-32-16-9-10-24(35-4,36(30,31)17-6-8-20(33-2)21(13-17)34-3)22(12-16)27-14-23(29)28-19-11-15(25)5-7-18(19)26/h5-13,22,27H,14H2,1-4H3,(H,28,29). The lowest BCUT2D eigenvalue weighted by molar-refractivity contribution is -0.115. The van der Waals surface area contributed by atoms with Gasteiger partial charge in [-0.25, -0.2) is 8.42 Å². The molecule has 1 amide bonds. The number of hydrogen-bond donors (Lipinski definition) is 2.